The second-order valence-corrected chi connectivity index (χ2v) is 4.18. The van der Waals surface area contributed by atoms with E-state index in [2.05, 4.69) is 0 Å². The van der Waals surface area contributed by atoms with Crippen molar-refractivity contribution in [3.05, 3.63) is 53.3 Å². The average Bonchev–Trinajstić information content (AvgIpc) is 2.38. The molecule has 4 heteroatoms. The Kier molecular flexibility index (Phi) is 3.51. The molecule has 0 aliphatic rings. The number of benzene rings is 2. The number of hydrogen-bond acceptors (Lipinski definition) is 2. The van der Waals surface area contributed by atoms with E-state index in [1.807, 2.05) is 6.92 Å². The van der Waals surface area contributed by atoms with Gasteiger partial charge in [0.05, 0.1) is 12.7 Å². The van der Waals surface area contributed by atoms with Crippen LogP contribution in [0.4, 0.5) is 4.39 Å². The normalized spacial score (nSPS) is 10.3. The molecule has 0 spiro atoms. The van der Waals surface area contributed by atoms with Crippen molar-refractivity contribution in [3.63, 3.8) is 0 Å². The Labute approximate surface area is 110 Å². The van der Waals surface area contributed by atoms with E-state index in [1.54, 1.807) is 25.3 Å². The van der Waals surface area contributed by atoms with Crippen LogP contribution in [-0.2, 0) is 0 Å². The molecule has 0 saturated carbocycles. The number of carboxylic acids is 1. The van der Waals surface area contributed by atoms with Crippen molar-refractivity contribution in [3.8, 4) is 16.9 Å². The van der Waals surface area contributed by atoms with E-state index in [-0.39, 0.29) is 11.1 Å². The molecule has 0 aliphatic carbocycles. The Morgan fingerprint density at radius 1 is 1.21 bits per heavy atom. The third-order valence-corrected chi connectivity index (χ3v) is 2.92. The van der Waals surface area contributed by atoms with Crippen LogP contribution in [-0.4, -0.2) is 18.2 Å². The molecule has 0 atom stereocenters. The van der Waals surface area contributed by atoms with Crippen molar-refractivity contribution < 1.29 is 19.0 Å². The van der Waals surface area contributed by atoms with Crippen LogP contribution in [0, 0.1) is 12.7 Å². The molecule has 0 saturated heterocycles. The Hall–Kier alpha value is -2.36. The number of carbonyl (C=O) groups is 1. The van der Waals surface area contributed by atoms with Gasteiger partial charge in [0.15, 0.2) is 0 Å². The first kappa shape index (κ1) is 13.1. The summed E-state index contributed by atoms with van der Waals surface area (Å²) in [6, 6.07) is 8.95. The standard InChI is InChI=1S/C15H13FO3/c1-9-7-10(4-6-14(9)19-2)12-8-11(15(17)18)3-5-13(12)16/h3-8H,1-2H3,(H,17,18). The lowest BCUT2D eigenvalue weighted by atomic mass is 10.0. The molecule has 2 aromatic carbocycles. The minimum absolute atomic E-state index is 0.0601. The Bertz CT molecular complexity index is 635. The lowest BCUT2D eigenvalue weighted by Crippen LogP contribution is -1.98. The largest absolute Gasteiger partial charge is 0.496 e. The first-order valence-corrected chi connectivity index (χ1v) is 5.71. The molecule has 19 heavy (non-hydrogen) atoms. The molecule has 2 aromatic rings. The van der Waals surface area contributed by atoms with Gasteiger partial charge >= 0.3 is 5.97 Å². The summed E-state index contributed by atoms with van der Waals surface area (Å²) in [6.45, 7) is 1.85. The minimum atomic E-state index is -1.08. The highest BCUT2D eigenvalue weighted by Crippen LogP contribution is 2.28. The molecule has 0 aromatic heterocycles. The van der Waals surface area contributed by atoms with Gasteiger partial charge < -0.3 is 9.84 Å². The van der Waals surface area contributed by atoms with Gasteiger partial charge in [-0.3, -0.25) is 0 Å². The van der Waals surface area contributed by atoms with Gasteiger partial charge in [-0.25, -0.2) is 9.18 Å². The topological polar surface area (TPSA) is 46.5 Å². The van der Waals surface area contributed by atoms with Crippen LogP contribution in [0.1, 0.15) is 15.9 Å². The zero-order valence-electron chi connectivity index (χ0n) is 10.6. The molecule has 0 amide bonds. The molecule has 1 N–H and O–H groups in total. The Morgan fingerprint density at radius 3 is 2.53 bits per heavy atom. The highest BCUT2D eigenvalue weighted by molar-refractivity contribution is 5.89. The summed E-state index contributed by atoms with van der Waals surface area (Å²) in [4.78, 5) is 10.9. The molecule has 0 aliphatic heterocycles. The van der Waals surface area contributed by atoms with E-state index in [1.165, 1.54) is 18.2 Å². The average molecular weight is 260 g/mol. The fraction of sp³-hybridized carbons (Fsp3) is 0.133. The van der Waals surface area contributed by atoms with Crippen molar-refractivity contribution in [2.45, 2.75) is 6.92 Å². The fourth-order valence-corrected chi connectivity index (χ4v) is 1.93. The number of carboxylic acid groups (broad SMARTS) is 1. The highest BCUT2D eigenvalue weighted by Gasteiger charge is 2.11. The van der Waals surface area contributed by atoms with Gasteiger partial charge in [0.2, 0.25) is 0 Å². The highest BCUT2D eigenvalue weighted by atomic mass is 19.1. The van der Waals surface area contributed by atoms with Crippen LogP contribution in [0.3, 0.4) is 0 Å². The molecule has 0 heterocycles. The lowest BCUT2D eigenvalue weighted by Gasteiger charge is -2.09. The van der Waals surface area contributed by atoms with Gasteiger partial charge in [0.25, 0.3) is 0 Å². The van der Waals surface area contributed by atoms with E-state index >= 15 is 0 Å². The van der Waals surface area contributed by atoms with Crippen LogP contribution in [0.25, 0.3) is 11.1 Å². The number of hydrogen-bond donors (Lipinski definition) is 1. The van der Waals surface area contributed by atoms with Crippen LogP contribution >= 0.6 is 0 Å². The maximum absolute atomic E-state index is 13.8. The van der Waals surface area contributed by atoms with E-state index < -0.39 is 11.8 Å². The maximum atomic E-state index is 13.8. The van der Waals surface area contributed by atoms with Gasteiger partial charge in [0, 0.05) is 5.56 Å². The van der Waals surface area contributed by atoms with Crippen molar-refractivity contribution in [2.24, 2.45) is 0 Å². The predicted octanol–water partition coefficient (Wildman–Crippen LogP) is 3.51. The molecular formula is C15H13FO3. The van der Waals surface area contributed by atoms with Crippen molar-refractivity contribution in [2.75, 3.05) is 7.11 Å². The van der Waals surface area contributed by atoms with E-state index in [0.29, 0.717) is 11.3 Å². The first-order chi connectivity index (χ1) is 9.02. The SMILES string of the molecule is COc1ccc(-c2cc(C(=O)O)ccc2F)cc1C. The molecular weight excluding hydrogens is 247 g/mol. The Balaban J connectivity index is 2.54. The summed E-state index contributed by atoms with van der Waals surface area (Å²) in [5.41, 5.74) is 1.81. The quantitative estimate of drug-likeness (QED) is 0.918. The minimum Gasteiger partial charge on any atom is -0.496 e. The Morgan fingerprint density at radius 2 is 1.95 bits per heavy atom. The zero-order chi connectivity index (χ0) is 14.0. The van der Waals surface area contributed by atoms with E-state index in [0.717, 1.165) is 5.56 Å². The summed E-state index contributed by atoms with van der Waals surface area (Å²) in [6.07, 6.45) is 0. The number of aryl methyl sites for hydroxylation is 1. The van der Waals surface area contributed by atoms with E-state index in [9.17, 15) is 9.18 Å². The third kappa shape index (κ3) is 2.57. The zero-order valence-corrected chi connectivity index (χ0v) is 10.6. The van der Waals surface area contributed by atoms with Crippen molar-refractivity contribution >= 4 is 5.97 Å². The smallest absolute Gasteiger partial charge is 0.335 e. The van der Waals surface area contributed by atoms with Gasteiger partial charge in [-0.15, -0.1) is 0 Å². The summed E-state index contributed by atoms with van der Waals surface area (Å²) in [5, 5.41) is 8.94. The molecule has 2 rings (SSSR count). The molecule has 0 bridgehead atoms. The van der Waals surface area contributed by atoms with Crippen LogP contribution in [0.5, 0.6) is 5.75 Å². The van der Waals surface area contributed by atoms with Crippen molar-refractivity contribution in [1.29, 1.82) is 0 Å². The van der Waals surface area contributed by atoms with Crippen LogP contribution < -0.4 is 4.74 Å². The number of rotatable bonds is 3. The maximum Gasteiger partial charge on any atom is 0.335 e. The van der Waals surface area contributed by atoms with Gasteiger partial charge in [-0.1, -0.05) is 6.07 Å². The lowest BCUT2D eigenvalue weighted by molar-refractivity contribution is 0.0697. The number of halogens is 1. The van der Waals surface area contributed by atoms with Crippen molar-refractivity contribution in [1.82, 2.24) is 0 Å². The van der Waals surface area contributed by atoms with Gasteiger partial charge in [-0.2, -0.15) is 0 Å². The summed E-state index contributed by atoms with van der Waals surface area (Å²) >= 11 is 0. The van der Waals surface area contributed by atoms with Crippen LogP contribution in [0.2, 0.25) is 0 Å². The second kappa shape index (κ2) is 5.10. The molecule has 0 unspecified atom stereocenters. The second-order valence-electron chi connectivity index (χ2n) is 4.18. The van der Waals surface area contributed by atoms with Crippen LogP contribution in [0.15, 0.2) is 36.4 Å². The summed E-state index contributed by atoms with van der Waals surface area (Å²) < 4.78 is 18.9. The molecule has 98 valence electrons. The first-order valence-electron chi connectivity index (χ1n) is 5.71. The fourth-order valence-electron chi connectivity index (χ4n) is 1.93. The molecule has 3 nitrogen and oxygen atoms in total. The van der Waals surface area contributed by atoms with E-state index in [4.69, 9.17) is 9.84 Å². The number of ether oxygens (including phenoxy) is 1. The monoisotopic (exact) mass is 260 g/mol. The predicted molar refractivity (Wildman–Crippen MR) is 70.1 cm³/mol. The van der Waals surface area contributed by atoms with Gasteiger partial charge in [0.1, 0.15) is 11.6 Å². The third-order valence-electron chi connectivity index (χ3n) is 2.92. The number of aromatic carboxylic acids is 1. The number of methoxy groups -OCH3 is 1. The molecule has 0 radical (unpaired) electrons. The summed E-state index contributed by atoms with van der Waals surface area (Å²) in [7, 11) is 1.56. The van der Waals surface area contributed by atoms with Gasteiger partial charge in [-0.05, 0) is 48.4 Å². The molecule has 0 fully saturated rings. The summed E-state index contributed by atoms with van der Waals surface area (Å²) in [5.74, 6) is -0.820.